The van der Waals surface area contributed by atoms with Gasteiger partial charge in [-0.2, -0.15) is 0 Å². The van der Waals surface area contributed by atoms with E-state index >= 15 is 0 Å². The molecule has 0 fully saturated rings. The zero-order chi connectivity index (χ0) is 11.0. The van der Waals surface area contributed by atoms with Crippen LogP contribution in [0.15, 0.2) is 59.5 Å². The molecular formula is C13H10N2O. The van der Waals surface area contributed by atoms with Crippen molar-refractivity contribution in [2.75, 3.05) is 0 Å². The summed E-state index contributed by atoms with van der Waals surface area (Å²) in [4.78, 5) is 11.1. The van der Waals surface area contributed by atoms with Crippen LogP contribution in [0.2, 0.25) is 0 Å². The Morgan fingerprint density at radius 2 is 1.75 bits per heavy atom. The highest BCUT2D eigenvalue weighted by atomic mass is 16.1. The fraction of sp³-hybridized carbons (Fsp3) is 0. The van der Waals surface area contributed by atoms with Crippen molar-refractivity contribution < 1.29 is 0 Å². The topological polar surface area (TPSA) is 37.8 Å². The first kappa shape index (κ1) is 8.97. The highest BCUT2D eigenvalue weighted by Crippen LogP contribution is 2.20. The Balaban J connectivity index is 2.35. The number of hydrogen-bond acceptors (Lipinski definition) is 1. The minimum atomic E-state index is -0.0899. The van der Waals surface area contributed by atoms with Crippen LogP contribution in [0.5, 0.6) is 0 Å². The summed E-state index contributed by atoms with van der Waals surface area (Å²) >= 11 is 0. The third-order valence-corrected chi connectivity index (χ3v) is 2.63. The molecule has 1 N–H and O–H groups in total. The molecule has 0 atom stereocenters. The molecule has 16 heavy (non-hydrogen) atoms. The van der Waals surface area contributed by atoms with Gasteiger partial charge in [0.15, 0.2) is 0 Å². The van der Waals surface area contributed by atoms with Crippen LogP contribution in [0.3, 0.4) is 0 Å². The molecule has 0 saturated heterocycles. The van der Waals surface area contributed by atoms with Crippen LogP contribution < -0.4 is 5.56 Å². The lowest BCUT2D eigenvalue weighted by atomic mass is 10.1. The molecule has 0 aliphatic rings. The number of benzene rings is 2. The lowest BCUT2D eigenvalue weighted by molar-refractivity contribution is 0.871. The third-order valence-electron chi connectivity index (χ3n) is 2.63. The summed E-state index contributed by atoms with van der Waals surface area (Å²) in [6.45, 7) is 0. The Bertz CT molecular complexity index is 689. The Labute approximate surface area is 91.9 Å². The minimum Gasteiger partial charge on any atom is -0.268 e. The van der Waals surface area contributed by atoms with E-state index < -0.39 is 0 Å². The Kier molecular flexibility index (Phi) is 1.90. The van der Waals surface area contributed by atoms with Gasteiger partial charge in [0.25, 0.3) is 5.56 Å². The number of aromatic amines is 1. The van der Waals surface area contributed by atoms with E-state index in [1.54, 1.807) is 10.9 Å². The SMILES string of the molecule is O=c1ccn(-c2cccc3ccccc23)[nH]1. The molecular weight excluding hydrogens is 200 g/mol. The predicted molar refractivity (Wildman–Crippen MR) is 63.9 cm³/mol. The molecule has 78 valence electrons. The Hall–Kier alpha value is -2.29. The number of H-pyrrole nitrogens is 1. The summed E-state index contributed by atoms with van der Waals surface area (Å²) in [7, 11) is 0. The van der Waals surface area contributed by atoms with Crippen molar-refractivity contribution in [2.24, 2.45) is 0 Å². The lowest BCUT2D eigenvalue weighted by Crippen LogP contribution is -2.03. The van der Waals surface area contributed by atoms with E-state index in [4.69, 9.17) is 0 Å². The van der Waals surface area contributed by atoms with Gasteiger partial charge in [0.1, 0.15) is 0 Å². The molecule has 1 heterocycles. The summed E-state index contributed by atoms with van der Waals surface area (Å²) in [5, 5.41) is 5.03. The first-order chi connectivity index (χ1) is 7.84. The highest BCUT2D eigenvalue weighted by molar-refractivity contribution is 5.89. The smallest absolute Gasteiger partial charge is 0.264 e. The number of nitrogens with zero attached hydrogens (tertiary/aromatic N) is 1. The molecule has 3 rings (SSSR count). The average molecular weight is 210 g/mol. The van der Waals surface area contributed by atoms with Crippen LogP contribution in [0.4, 0.5) is 0 Å². The molecule has 1 aromatic heterocycles. The van der Waals surface area contributed by atoms with Crippen LogP contribution in [-0.2, 0) is 0 Å². The van der Waals surface area contributed by atoms with Crippen molar-refractivity contribution >= 4 is 10.8 Å². The molecule has 0 bridgehead atoms. The second-order valence-corrected chi connectivity index (χ2v) is 3.66. The van der Waals surface area contributed by atoms with Crippen molar-refractivity contribution in [3.8, 4) is 5.69 Å². The first-order valence-corrected chi connectivity index (χ1v) is 5.10. The normalized spacial score (nSPS) is 10.8. The zero-order valence-corrected chi connectivity index (χ0v) is 8.55. The maximum Gasteiger partial charge on any atom is 0.264 e. The predicted octanol–water partition coefficient (Wildman–Crippen LogP) is 2.32. The molecule has 0 radical (unpaired) electrons. The Morgan fingerprint density at radius 3 is 2.56 bits per heavy atom. The summed E-state index contributed by atoms with van der Waals surface area (Å²) in [6, 6.07) is 15.6. The van der Waals surface area contributed by atoms with Gasteiger partial charge in [0.05, 0.1) is 5.69 Å². The number of hydrogen-bond donors (Lipinski definition) is 1. The summed E-state index contributed by atoms with van der Waals surface area (Å²) in [5.41, 5.74) is 0.896. The minimum absolute atomic E-state index is 0.0899. The summed E-state index contributed by atoms with van der Waals surface area (Å²) in [6.07, 6.45) is 1.74. The second kappa shape index (κ2) is 3.38. The lowest BCUT2D eigenvalue weighted by Gasteiger charge is -2.06. The van der Waals surface area contributed by atoms with Gasteiger partial charge in [-0.1, -0.05) is 36.4 Å². The fourth-order valence-electron chi connectivity index (χ4n) is 1.89. The van der Waals surface area contributed by atoms with E-state index in [0.717, 1.165) is 16.5 Å². The van der Waals surface area contributed by atoms with Gasteiger partial charge < -0.3 is 0 Å². The van der Waals surface area contributed by atoms with Crippen molar-refractivity contribution in [3.63, 3.8) is 0 Å². The summed E-state index contributed by atoms with van der Waals surface area (Å²) < 4.78 is 1.74. The van der Waals surface area contributed by atoms with Crippen molar-refractivity contribution in [2.45, 2.75) is 0 Å². The molecule has 3 heteroatoms. The molecule has 0 aliphatic heterocycles. The van der Waals surface area contributed by atoms with E-state index in [1.807, 2.05) is 30.3 Å². The van der Waals surface area contributed by atoms with Crippen LogP contribution in [0.25, 0.3) is 16.5 Å². The molecule has 3 nitrogen and oxygen atoms in total. The monoisotopic (exact) mass is 210 g/mol. The van der Waals surface area contributed by atoms with E-state index in [-0.39, 0.29) is 5.56 Å². The van der Waals surface area contributed by atoms with Crippen molar-refractivity contribution in [1.29, 1.82) is 0 Å². The van der Waals surface area contributed by atoms with Gasteiger partial charge in [-0.3, -0.25) is 14.6 Å². The number of aromatic nitrogens is 2. The van der Waals surface area contributed by atoms with Gasteiger partial charge in [-0.25, -0.2) is 0 Å². The maximum absolute atomic E-state index is 11.1. The Morgan fingerprint density at radius 1 is 0.938 bits per heavy atom. The zero-order valence-electron chi connectivity index (χ0n) is 8.55. The quantitative estimate of drug-likeness (QED) is 0.657. The van der Waals surface area contributed by atoms with Crippen LogP contribution >= 0.6 is 0 Å². The molecule has 2 aromatic carbocycles. The number of rotatable bonds is 1. The van der Waals surface area contributed by atoms with Gasteiger partial charge in [-0.15, -0.1) is 0 Å². The van der Waals surface area contributed by atoms with Crippen molar-refractivity contribution in [1.82, 2.24) is 9.78 Å². The molecule has 0 saturated carbocycles. The summed E-state index contributed by atoms with van der Waals surface area (Å²) in [5.74, 6) is 0. The van der Waals surface area contributed by atoms with Gasteiger partial charge in [-0.05, 0) is 11.5 Å². The van der Waals surface area contributed by atoms with E-state index in [9.17, 15) is 4.79 Å². The first-order valence-electron chi connectivity index (χ1n) is 5.10. The van der Waals surface area contributed by atoms with E-state index in [1.165, 1.54) is 6.07 Å². The molecule has 0 unspecified atom stereocenters. The second-order valence-electron chi connectivity index (χ2n) is 3.66. The van der Waals surface area contributed by atoms with Gasteiger partial charge in [0, 0.05) is 17.6 Å². The fourth-order valence-corrected chi connectivity index (χ4v) is 1.89. The van der Waals surface area contributed by atoms with Crippen LogP contribution in [0, 0.1) is 0 Å². The van der Waals surface area contributed by atoms with Crippen LogP contribution in [0.1, 0.15) is 0 Å². The number of fused-ring (bicyclic) bond motifs is 1. The van der Waals surface area contributed by atoms with Gasteiger partial charge >= 0.3 is 0 Å². The molecule has 0 spiro atoms. The maximum atomic E-state index is 11.1. The van der Waals surface area contributed by atoms with E-state index in [2.05, 4.69) is 17.2 Å². The molecule has 3 aromatic rings. The van der Waals surface area contributed by atoms with Gasteiger partial charge in [0.2, 0.25) is 0 Å². The van der Waals surface area contributed by atoms with Crippen molar-refractivity contribution in [3.05, 3.63) is 65.1 Å². The standard InChI is InChI=1S/C13H10N2O/c16-13-8-9-15(14-13)12-7-3-5-10-4-1-2-6-11(10)12/h1-9H,(H,14,16). The average Bonchev–Trinajstić information content (AvgIpc) is 2.75. The molecule has 0 aliphatic carbocycles. The largest absolute Gasteiger partial charge is 0.268 e. The highest BCUT2D eigenvalue weighted by Gasteiger charge is 2.01. The third kappa shape index (κ3) is 1.34. The van der Waals surface area contributed by atoms with E-state index in [0.29, 0.717) is 0 Å². The molecule has 0 amide bonds. The van der Waals surface area contributed by atoms with Crippen LogP contribution in [-0.4, -0.2) is 9.78 Å². The number of nitrogens with one attached hydrogen (secondary N) is 1.